The quantitative estimate of drug-likeness (QED) is 0.490. The fourth-order valence-electron chi connectivity index (χ4n) is 3.85. The maximum atomic E-state index is 13.4. The van der Waals surface area contributed by atoms with Crippen LogP contribution in [0.1, 0.15) is 23.9 Å². The van der Waals surface area contributed by atoms with Crippen molar-refractivity contribution in [1.29, 1.82) is 0 Å². The summed E-state index contributed by atoms with van der Waals surface area (Å²) in [5, 5.41) is 0. The van der Waals surface area contributed by atoms with Gasteiger partial charge in [-0.15, -0.1) is 0 Å². The van der Waals surface area contributed by atoms with E-state index >= 15 is 0 Å². The van der Waals surface area contributed by atoms with Crippen LogP contribution in [-0.4, -0.2) is 45.6 Å². The molecule has 12 heteroatoms. The third kappa shape index (κ3) is 4.90. The molecule has 2 aromatic heterocycles. The predicted octanol–water partition coefficient (Wildman–Crippen LogP) is 4.99. The lowest BCUT2D eigenvalue weighted by Gasteiger charge is -2.41. The first-order valence-electron chi connectivity index (χ1n) is 10.4. The van der Waals surface area contributed by atoms with Crippen LogP contribution in [0.15, 0.2) is 42.6 Å². The van der Waals surface area contributed by atoms with Crippen LogP contribution in [0.4, 0.5) is 38.1 Å². The Morgan fingerprint density at radius 3 is 2.21 bits per heavy atom. The number of hydrogen-bond acceptors (Lipinski definition) is 6. The zero-order chi connectivity index (χ0) is 24.7. The molecule has 34 heavy (non-hydrogen) atoms. The second-order valence-electron chi connectivity index (χ2n) is 7.94. The molecule has 0 bridgehead atoms. The average Bonchev–Trinajstić information content (AvgIpc) is 2.77. The van der Waals surface area contributed by atoms with E-state index in [1.807, 2.05) is 11.8 Å². The summed E-state index contributed by atoms with van der Waals surface area (Å²) >= 11 is 0. The number of alkyl halides is 6. The lowest BCUT2D eigenvalue weighted by atomic mass is 10.1. The Labute approximate surface area is 191 Å². The number of rotatable bonds is 3. The lowest BCUT2D eigenvalue weighted by molar-refractivity contribution is -0.138. The molecular formula is C22H20F6N6. The zero-order valence-corrected chi connectivity index (χ0v) is 18.2. The van der Waals surface area contributed by atoms with Crippen molar-refractivity contribution in [2.24, 2.45) is 0 Å². The standard InChI is InChI=1S/C22H20F6N6/c1-13-12-33(19-17(22(26,27)28)4-3-9-29-19)10-11-34(13)20-31-14(2)30-18(32-20)15-5-7-16(8-6-15)21(23,24)25/h3-9,13H,10-12H2,1-2H3. The molecule has 4 rings (SSSR count). The van der Waals surface area contributed by atoms with Crippen LogP contribution < -0.4 is 9.80 Å². The van der Waals surface area contributed by atoms with Crippen LogP contribution in [-0.2, 0) is 12.4 Å². The smallest absolute Gasteiger partial charge is 0.352 e. The minimum atomic E-state index is -4.52. The highest BCUT2D eigenvalue weighted by molar-refractivity contribution is 5.58. The highest BCUT2D eigenvalue weighted by Crippen LogP contribution is 2.36. The first-order chi connectivity index (χ1) is 15.9. The van der Waals surface area contributed by atoms with E-state index in [1.165, 1.54) is 24.4 Å². The van der Waals surface area contributed by atoms with E-state index < -0.39 is 23.5 Å². The van der Waals surface area contributed by atoms with Gasteiger partial charge in [0.05, 0.1) is 11.1 Å². The fourth-order valence-corrected chi connectivity index (χ4v) is 3.85. The van der Waals surface area contributed by atoms with Gasteiger partial charge in [-0.25, -0.2) is 9.97 Å². The molecule has 0 aliphatic carbocycles. The predicted molar refractivity (Wildman–Crippen MR) is 113 cm³/mol. The van der Waals surface area contributed by atoms with Gasteiger partial charge < -0.3 is 9.80 Å². The van der Waals surface area contributed by atoms with Crippen LogP contribution in [0.5, 0.6) is 0 Å². The van der Waals surface area contributed by atoms with Crippen molar-refractivity contribution in [3.63, 3.8) is 0 Å². The number of pyridine rings is 1. The van der Waals surface area contributed by atoms with Gasteiger partial charge in [0, 0.05) is 37.4 Å². The Morgan fingerprint density at radius 2 is 1.59 bits per heavy atom. The maximum absolute atomic E-state index is 13.4. The van der Waals surface area contributed by atoms with Crippen molar-refractivity contribution in [3.8, 4) is 11.4 Å². The second-order valence-corrected chi connectivity index (χ2v) is 7.94. The minimum absolute atomic E-state index is 0.126. The van der Waals surface area contributed by atoms with Crippen molar-refractivity contribution in [2.45, 2.75) is 32.2 Å². The first kappa shape index (κ1) is 23.7. The maximum Gasteiger partial charge on any atom is 0.419 e. The number of piperazine rings is 1. The van der Waals surface area contributed by atoms with E-state index in [0.717, 1.165) is 18.2 Å². The molecule has 1 atom stereocenters. The molecule has 1 saturated heterocycles. The molecule has 3 aromatic rings. The van der Waals surface area contributed by atoms with Gasteiger partial charge in [0.15, 0.2) is 5.82 Å². The van der Waals surface area contributed by atoms with Crippen LogP contribution in [0.3, 0.4) is 0 Å². The van der Waals surface area contributed by atoms with E-state index in [0.29, 0.717) is 23.9 Å². The number of aromatic nitrogens is 4. The molecule has 0 N–H and O–H groups in total. The van der Waals surface area contributed by atoms with Gasteiger partial charge in [-0.1, -0.05) is 12.1 Å². The number of benzene rings is 1. The van der Waals surface area contributed by atoms with E-state index in [9.17, 15) is 26.3 Å². The molecule has 1 aliphatic heterocycles. The Bertz CT molecular complexity index is 1160. The Balaban J connectivity index is 1.57. The van der Waals surface area contributed by atoms with Crippen molar-refractivity contribution in [3.05, 3.63) is 59.5 Å². The molecule has 1 unspecified atom stereocenters. The molecule has 0 spiro atoms. The van der Waals surface area contributed by atoms with Crippen LogP contribution in [0.2, 0.25) is 0 Å². The summed E-state index contributed by atoms with van der Waals surface area (Å²) in [6.45, 7) is 4.30. The highest BCUT2D eigenvalue weighted by Gasteiger charge is 2.37. The van der Waals surface area contributed by atoms with Crippen molar-refractivity contribution in [2.75, 3.05) is 29.4 Å². The third-order valence-electron chi connectivity index (χ3n) is 5.48. The molecule has 0 radical (unpaired) electrons. The van der Waals surface area contributed by atoms with Gasteiger partial charge in [-0.3, -0.25) is 0 Å². The SMILES string of the molecule is Cc1nc(-c2ccc(C(F)(F)F)cc2)nc(N2CCN(c3ncccc3C(F)(F)F)CC2C)n1. The summed E-state index contributed by atoms with van der Waals surface area (Å²) in [6.07, 6.45) is -7.65. The third-order valence-corrected chi connectivity index (χ3v) is 5.48. The van der Waals surface area contributed by atoms with Gasteiger partial charge >= 0.3 is 12.4 Å². The highest BCUT2D eigenvalue weighted by atomic mass is 19.4. The largest absolute Gasteiger partial charge is 0.419 e. The summed E-state index contributed by atoms with van der Waals surface area (Å²) in [6, 6.07) is 6.50. The van der Waals surface area contributed by atoms with Gasteiger partial charge in [0.25, 0.3) is 0 Å². The molecule has 3 heterocycles. The molecule has 180 valence electrons. The number of hydrogen-bond donors (Lipinski definition) is 0. The van der Waals surface area contributed by atoms with E-state index in [2.05, 4.69) is 19.9 Å². The monoisotopic (exact) mass is 482 g/mol. The van der Waals surface area contributed by atoms with Gasteiger partial charge in [0.2, 0.25) is 5.95 Å². The lowest BCUT2D eigenvalue weighted by Crippen LogP contribution is -2.53. The molecule has 6 nitrogen and oxygen atoms in total. The topological polar surface area (TPSA) is 58.0 Å². The molecule has 1 aromatic carbocycles. The average molecular weight is 482 g/mol. The van der Waals surface area contributed by atoms with E-state index in [4.69, 9.17) is 0 Å². The zero-order valence-electron chi connectivity index (χ0n) is 18.2. The Hall–Kier alpha value is -3.44. The first-order valence-corrected chi connectivity index (χ1v) is 10.4. The summed E-state index contributed by atoms with van der Waals surface area (Å²) in [5.41, 5.74) is -1.18. The fraction of sp³-hybridized carbons (Fsp3) is 0.364. The van der Waals surface area contributed by atoms with Gasteiger partial charge in [-0.05, 0) is 38.1 Å². The second kappa shape index (κ2) is 8.73. The van der Waals surface area contributed by atoms with E-state index in [1.54, 1.807) is 11.8 Å². The van der Waals surface area contributed by atoms with Crippen molar-refractivity contribution in [1.82, 2.24) is 19.9 Å². The summed E-state index contributed by atoms with van der Waals surface area (Å²) < 4.78 is 78.8. The van der Waals surface area contributed by atoms with Crippen LogP contribution in [0, 0.1) is 6.92 Å². The summed E-state index contributed by atoms with van der Waals surface area (Å²) in [4.78, 5) is 20.4. The normalized spacial score (nSPS) is 17.2. The number of aryl methyl sites for hydroxylation is 1. The molecular weight excluding hydrogens is 462 g/mol. The number of nitrogens with zero attached hydrogens (tertiary/aromatic N) is 6. The molecule has 1 fully saturated rings. The summed E-state index contributed by atoms with van der Waals surface area (Å²) in [5.74, 6) is 0.777. The molecule has 0 amide bonds. The van der Waals surface area contributed by atoms with Gasteiger partial charge in [-0.2, -0.15) is 36.3 Å². The van der Waals surface area contributed by atoms with Crippen LogP contribution >= 0.6 is 0 Å². The Morgan fingerprint density at radius 1 is 0.882 bits per heavy atom. The molecule has 0 saturated carbocycles. The van der Waals surface area contributed by atoms with Gasteiger partial charge in [0.1, 0.15) is 11.6 Å². The van der Waals surface area contributed by atoms with Crippen LogP contribution in [0.25, 0.3) is 11.4 Å². The molecule has 1 aliphatic rings. The minimum Gasteiger partial charge on any atom is -0.352 e. The number of anilines is 2. The van der Waals surface area contributed by atoms with Crippen molar-refractivity contribution < 1.29 is 26.3 Å². The summed E-state index contributed by atoms with van der Waals surface area (Å²) in [7, 11) is 0. The number of halogens is 6. The van der Waals surface area contributed by atoms with E-state index in [-0.39, 0.29) is 30.8 Å². The Kier molecular flexibility index (Phi) is 6.09. The van der Waals surface area contributed by atoms with Crippen molar-refractivity contribution >= 4 is 11.8 Å².